The number of nitrogens with zero attached hydrogens (tertiary/aromatic N) is 2. The van der Waals surface area contributed by atoms with Crippen molar-refractivity contribution < 1.29 is 9.18 Å². The van der Waals surface area contributed by atoms with Crippen LogP contribution >= 0.6 is 23.2 Å². The van der Waals surface area contributed by atoms with Crippen molar-refractivity contribution in [2.75, 3.05) is 11.1 Å². The Hall–Kier alpha value is -2.57. The van der Waals surface area contributed by atoms with E-state index in [4.69, 9.17) is 28.9 Å². The summed E-state index contributed by atoms with van der Waals surface area (Å²) in [6, 6.07) is 8.70. The van der Waals surface area contributed by atoms with Gasteiger partial charge in [0.2, 0.25) is 0 Å². The maximum Gasteiger partial charge on any atom is 0.274 e. The summed E-state index contributed by atoms with van der Waals surface area (Å²) in [7, 11) is 0. The Balaban J connectivity index is 1.89. The van der Waals surface area contributed by atoms with E-state index in [1.54, 1.807) is 12.1 Å². The van der Waals surface area contributed by atoms with Gasteiger partial charge in [0.1, 0.15) is 11.5 Å². The number of carbonyl (C=O) groups is 1. The molecule has 3 N–H and O–H groups in total. The molecule has 0 aliphatic rings. The van der Waals surface area contributed by atoms with Crippen LogP contribution in [0.5, 0.6) is 0 Å². The fraction of sp³-hybridized carbons (Fsp3) is 0. The molecule has 122 valence electrons. The molecule has 1 amide bonds. The van der Waals surface area contributed by atoms with Crippen molar-refractivity contribution in [2.24, 2.45) is 0 Å². The standard InChI is InChI=1S/C16H11Cl2FN4O/c17-12-5-10(6-13(18)15(12)20)22-16(24)14-7-21-8-23(14)11-3-1-9(19)2-4-11/h1-8H,20H2,(H,22,24). The monoisotopic (exact) mass is 364 g/mol. The number of benzene rings is 2. The topological polar surface area (TPSA) is 72.9 Å². The van der Waals surface area contributed by atoms with Gasteiger partial charge in [-0.05, 0) is 36.4 Å². The number of halogens is 3. The molecule has 5 nitrogen and oxygen atoms in total. The van der Waals surface area contributed by atoms with Gasteiger partial charge in [0.05, 0.1) is 28.3 Å². The highest BCUT2D eigenvalue weighted by Crippen LogP contribution is 2.31. The van der Waals surface area contributed by atoms with Crippen molar-refractivity contribution in [1.82, 2.24) is 9.55 Å². The molecule has 2 aromatic carbocycles. The third-order valence-corrected chi connectivity index (χ3v) is 3.94. The molecule has 0 atom stereocenters. The van der Waals surface area contributed by atoms with Crippen LogP contribution in [-0.2, 0) is 0 Å². The van der Waals surface area contributed by atoms with Crippen molar-refractivity contribution >= 4 is 40.5 Å². The van der Waals surface area contributed by atoms with E-state index in [9.17, 15) is 9.18 Å². The van der Waals surface area contributed by atoms with Crippen molar-refractivity contribution in [3.05, 3.63) is 70.5 Å². The zero-order valence-electron chi connectivity index (χ0n) is 12.1. The van der Waals surface area contributed by atoms with E-state index in [0.717, 1.165) is 0 Å². The van der Waals surface area contributed by atoms with Gasteiger partial charge in [-0.15, -0.1) is 0 Å². The van der Waals surface area contributed by atoms with Gasteiger partial charge in [-0.2, -0.15) is 0 Å². The van der Waals surface area contributed by atoms with Crippen LogP contribution in [0.15, 0.2) is 48.9 Å². The third-order valence-electron chi connectivity index (χ3n) is 3.31. The summed E-state index contributed by atoms with van der Waals surface area (Å²) >= 11 is 11.9. The lowest BCUT2D eigenvalue weighted by molar-refractivity contribution is 0.102. The van der Waals surface area contributed by atoms with Crippen LogP contribution in [0.1, 0.15) is 10.5 Å². The molecule has 0 radical (unpaired) electrons. The molecule has 1 heterocycles. The zero-order chi connectivity index (χ0) is 17.3. The lowest BCUT2D eigenvalue weighted by Crippen LogP contribution is -2.16. The molecule has 3 rings (SSSR count). The minimum Gasteiger partial charge on any atom is -0.396 e. The molecule has 0 saturated heterocycles. The molecule has 0 fully saturated rings. The van der Waals surface area contributed by atoms with Crippen LogP contribution in [-0.4, -0.2) is 15.5 Å². The van der Waals surface area contributed by atoms with Gasteiger partial charge in [-0.25, -0.2) is 9.37 Å². The number of aromatic nitrogens is 2. The Labute approximate surface area is 146 Å². The molecular weight excluding hydrogens is 354 g/mol. The van der Waals surface area contributed by atoms with Crippen molar-refractivity contribution in [1.29, 1.82) is 0 Å². The molecule has 8 heteroatoms. The number of hydrogen-bond donors (Lipinski definition) is 2. The van der Waals surface area contributed by atoms with E-state index in [1.165, 1.54) is 41.4 Å². The van der Waals surface area contributed by atoms with Crippen molar-refractivity contribution in [3.63, 3.8) is 0 Å². The second-order valence-electron chi connectivity index (χ2n) is 4.93. The number of nitrogen functional groups attached to an aromatic ring is 1. The molecule has 0 bridgehead atoms. The first kappa shape index (κ1) is 16.3. The summed E-state index contributed by atoms with van der Waals surface area (Å²) in [6.07, 6.45) is 2.87. The fourth-order valence-corrected chi connectivity index (χ4v) is 2.61. The average molecular weight is 365 g/mol. The molecule has 0 unspecified atom stereocenters. The molecule has 3 aromatic rings. The minimum atomic E-state index is -0.422. The van der Waals surface area contributed by atoms with E-state index in [0.29, 0.717) is 11.4 Å². The first-order valence-electron chi connectivity index (χ1n) is 6.80. The Bertz CT molecular complexity index is 886. The van der Waals surface area contributed by atoms with Gasteiger partial charge in [0.15, 0.2) is 0 Å². The van der Waals surface area contributed by atoms with Crippen LogP contribution in [0.2, 0.25) is 10.0 Å². The summed E-state index contributed by atoms with van der Waals surface area (Å²) < 4.78 is 14.6. The Morgan fingerprint density at radius 2 is 1.79 bits per heavy atom. The molecular formula is C16H11Cl2FN4O. The molecule has 1 aromatic heterocycles. The summed E-state index contributed by atoms with van der Waals surface area (Å²) in [4.78, 5) is 16.4. The highest BCUT2D eigenvalue weighted by Gasteiger charge is 2.15. The van der Waals surface area contributed by atoms with Crippen LogP contribution in [0.25, 0.3) is 5.69 Å². The van der Waals surface area contributed by atoms with E-state index < -0.39 is 5.91 Å². The Morgan fingerprint density at radius 1 is 1.17 bits per heavy atom. The van der Waals surface area contributed by atoms with Crippen molar-refractivity contribution in [3.8, 4) is 5.69 Å². The smallest absolute Gasteiger partial charge is 0.274 e. The quantitative estimate of drug-likeness (QED) is 0.685. The number of nitrogens with one attached hydrogen (secondary N) is 1. The first-order valence-corrected chi connectivity index (χ1v) is 7.55. The highest BCUT2D eigenvalue weighted by molar-refractivity contribution is 6.39. The van der Waals surface area contributed by atoms with E-state index in [1.807, 2.05) is 0 Å². The molecule has 0 saturated carbocycles. The fourth-order valence-electron chi connectivity index (χ4n) is 2.12. The van der Waals surface area contributed by atoms with Gasteiger partial charge in [-0.3, -0.25) is 9.36 Å². The maximum atomic E-state index is 13.0. The van der Waals surface area contributed by atoms with Gasteiger partial charge in [0, 0.05) is 11.4 Å². The summed E-state index contributed by atoms with van der Waals surface area (Å²) in [5, 5.41) is 3.16. The summed E-state index contributed by atoms with van der Waals surface area (Å²) in [5.41, 5.74) is 7.18. The van der Waals surface area contributed by atoms with Crippen molar-refractivity contribution in [2.45, 2.75) is 0 Å². The first-order chi connectivity index (χ1) is 11.5. The third kappa shape index (κ3) is 3.20. The second-order valence-corrected chi connectivity index (χ2v) is 5.75. The Morgan fingerprint density at radius 3 is 2.42 bits per heavy atom. The summed E-state index contributed by atoms with van der Waals surface area (Å²) in [6.45, 7) is 0. The SMILES string of the molecule is Nc1c(Cl)cc(NC(=O)c2cncn2-c2ccc(F)cc2)cc1Cl. The zero-order valence-corrected chi connectivity index (χ0v) is 13.6. The van der Waals surface area contributed by atoms with Gasteiger partial charge in [0.25, 0.3) is 5.91 Å². The van der Waals surface area contributed by atoms with Gasteiger partial charge >= 0.3 is 0 Å². The number of nitrogens with two attached hydrogens (primary N) is 1. The average Bonchev–Trinajstić information content (AvgIpc) is 3.03. The number of hydrogen-bond acceptors (Lipinski definition) is 3. The number of rotatable bonds is 3. The second kappa shape index (κ2) is 6.51. The highest BCUT2D eigenvalue weighted by atomic mass is 35.5. The largest absolute Gasteiger partial charge is 0.396 e. The molecule has 24 heavy (non-hydrogen) atoms. The predicted octanol–water partition coefficient (Wildman–Crippen LogP) is 4.15. The van der Waals surface area contributed by atoms with Gasteiger partial charge < -0.3 is 11.1 Å². The molecule has 0 spiro atoms. The molecule has 0 aliphatic carbocycles. The lowest BCUT2D eigenvalue weighted by Gasteiger charge is -2.10. The van der Waals surface area contributed by atoms with E-state index in [-0.39, 0.29) is 27.2 Å². The van der Waals surface area contributed by atoms with Crippen LogP contribution in [0, 0.1) is 5.82 Å². The Kier molecular flexibility index (Phi) is 4.42. The predicted molar refractivity (Wildman–Crippen MR) is 92.3 cm³/mol. The minimum absolute atomic E-state index is 0.241. The van der Waals surface area contributed by atoms with Crippen LogP contribution in [0.3, 0.4) is 0 Å². The number of amides is 1. The normalized spacial score (nSPS) is 10.6. The molecule has 0 aliphatic heterocycles. The van der Waals surface area contributed by atoms with Gasteiger partial charge in [-0.1, -0.05) is 23.2 Å². The number of anilines is 2. The van der Waals surface area contributed by atoms with E-state index in [2.05, 4.69) is 10.3 Å². The van der Waals surface area contributed by atoms with Crippen LogP contribution in [0.4, 0.5) is 15.8 Å². The van der Waals surface area contributed by atoms with Crippen LogP contribution < -0.4 is 11.1 Å². The lowest BCUT2D eigenvalue weighted by atomic mass is 10.2. The number of carbonyl (C=O) groups excluding carboxylic acids is 1. The summed E-state index contributed by atoms with van der Waals surface area (Å²) in [5.74, 6) is -0.787. The maximum absolute atomic E-state index is 13.0. The van der Waals surface area contributed by atoms with E-state index >= 15 is 0 Å². The number of imidazole rings is 1.